The van der Waals surface area contributed by atoms with Crippen molar-refractivity contribution in [1.29, 1.82) is 0 Å². The first-order valence-corrected chi connectivity index (χ1v) is 7.30. The van der Waals surface area contributed by atoms with E-state index in [1.165, 1.54) is 28.9 Å². The van der Waals surface area contributed by atoms with Crippen molar-refractivity contribution in [2.45, 2.75) is 19.9 Å². The molecular formula is C14H17FN6O3. The number of urea groups is 1. The summed E-state index contributed by atoms with van der Waals surface area (Å²) in [6, 6.07) is 5.16. The molecule has 2 aromatic rings. The third-order valence-electron chi connectivity index (χ3n) is 2.93. The molecule has 128 valence electrons. The topological polar surface area (TPSA) is 111 Å². The molecule has 24 heavy (non-hydrogen) atoms. The van der Waals surface area contributed by atoms with Gasteiger partial charge in [-0.15, -0.1) is 5.10 Å². The van der Waals surface area contributed by atoms with Crippen LogP contribution in [-0.4, -0.2) is 45.4 Å². The van der Waals surface area contributed by atoms with Gasteiger partial charge in [-0.05, 0) is 41.6 Å². The standard InChI is InChI=1S/C14H17FN6O3/c1-2-24-13(22)7-8-16-14(23)17-9-12-18-19-20-21(12)11-5-3-10(15)4-6-11/h3-6H,2,7-9H2,1H3,(H2,16,17,23). The average molecular weight is 336 g/mol. The van der Waals surface area contributed by atoms with E-state index in [1.54, 1.807) is 6.92 Å². The fourth-order valence-corrected chi connectivity index (χ4v) is 1.83. The summed E-state index contributed by atoms with van der Waals surface area (Å²) in [6.07, 6.45) is 0.0918. The first-order valence-electron chi connectivity index (χ1n) is 7.30. The van der Waals surface area contributed by atoms with Crippen molar-refractivity contribution in [3.63, 3.8) is 0 Å². The highest BCUT2D eigenvalue weighted by molar-refractivity contribution is 5.75. The van der Waals surface area contributed by atoms with Crippen molar-refractivity contribution >= 4 is 12.0 Å². The molecule has 9 nitrogen and oxygen atoms in total. The van der Waals surface area contributed by atoms with Gasteiger partial charge < -0.3 is 15.4 Å². The molecule has 0 bridgehead atoms. The van der Waals surface area contributed by atoms with E-state index in [1.807, 2.05) is 0 Å². The van der Waals surface area contributed by atoms with Crippen LogP contribution in [0.4, 0.5) is 9.18 Å². The maximum atomic E-state index is 12.9. The molecule has 0 radical (unpaired) electrons. The molecule has 1 heterocycles. The van der Waals surface area contributed by atoms with Crippen molar-refractivity contribution in [3.8, 4) is 5.69 Å². The van der Waals surface area contributed by atoms with Crippen molar-refractivity contribution in [3.05, 3.63) is 35.9 Å². The Kier molecular flexibility index (Phi) is 6.17. The minimum absolute atomic E-state index is 0.0651. The molecule has 1 aromatic heterocycles. The number of carbonyl (C=O) groups excluding carboxylic acids is 2. The number of nitrogens with zero attached hydrogens (tertiary/aromatic N) is 4. The second-order valence-electron chi connectivity index (χ2n) is 4.65. The summed E-state index contributed by atoms with van der Waals surface area (Å²) in [4.78, 5) is 22.8. The highest BCUT2D eigenvalue weighted by atomic mass is 19.1. The number of rotatable bonds is 7. The first kappa shape index (κ1) is 17.3. The third-order valence-corrected chi connectivity index (χ3v) is 2.93. The summed E-state index contributed by atoms with van der Waals surface area (Å²) < 4.78 is 19.1. The van der Waals surface area contributed by atoms with Crippen LogP contribution in [0, 0.1) is 5.82 Å². The fourth-order valence-electron chi connectivity index (χ4n) is 1.83. The molecular weight excluding hydrogens is 319 g/mol. The Balaban J connectivity index is 1.82. The van der Waals surface area contributed by atoms with Gasteiger partial charge >= 0.3 is 12.0 Å². The zero-order chi connectivity index (χ0) is 17.4. The molecule has 2 rings (SSSR count). The zero-order valence-corrected chi connectivity index (χ0v) is 13.0. The minimum atomic E-state index is -0.465. The van der Waals surface area contributed by atoms with Crippen molar-refractivity contribution in [2.24, 2.45) is 0 Å². The number of amides is 2. The molecule has 0 unspecified atom stereocenters. The number of esters is 1. The molecule has 0 saturated carbocycles. The lowest BCUT2D eigenvalue weighted by molar-refractivity contribution is -0.142. The largest absolute Gasteiger partial charge is 0.466 e. The number of halogens is 1. The molecule has 2 amide bonds. The van der Waals surface area contributed by atoms with E-state index in [4.69, 9.17) is 4.74 Å². The molecule has 2 N–H and O–H groups in total. The van der Waals surface area contributed by atoms with Crippen LogP contribution in [0.3, 0.4) is 0 Å². The molecule has 0 atom stereocenters. The van der Waals surface area contributed by atoms with Crippen molar-refractivity contribution in [1.82, 2.24) is 30.8 Å². The Bertz CT molecular complexity index is 688. The van der Waals surface area contributed by atoms with Gasteiger partial charge in [0, 0.05) is 6.54 Å². The van der Waals surface area contributed by atoms with Crippen LogP contribution in [0.2, 0.25) is 0 Å². The van der Waals surface area contributed by atoms with E-state index in [0.29, 0.717) is 18.1 Å². The van der Waals surface area contributed by atoms with E-state index >= 15 is 0 Å². The van der Waals surface area contributed by atoms with Gasteiger partial charge in [-0.3, -0.25) is 4.79 Å². The zero-order valence-electron chi connectivity index (χ0n) is 13.0. The lowest BCUT2D eigenvalue weighted by atomic mass is 10.3. The highest BCUT2D eigenvalue weighted by Gasteiger charge is 2.10. The van der Waals surface area contributed by atoms with Crippen LogP contribution in [0.5, 0.6) is 0 Å². The van der Waals surface area contributed by atoms with Gasteiger partial charge in [0.25, 0.3) is 0 Å². The molecule has 0 aliphatic rings. The molecule has 0 spiro atoms. The van der Waals surface area contributed by atoms with Gasteiger partial charge in [-0.2, -0.15) is 4.68 Å². The maximum absolute atomic E-state index is 12.9. The Morgan fingerprint density at radius 2 is 2.00 bits per heavy atom. The predicted octanol–water partition coefficient (Wildman–Crippen LogP) is 0.554. The van der Waals surface area contributed by atoms with Crippen LogP contribution in [0.1, 0.15) is 19.2 Å². The van der Waals surface area contributed by atoms with E-state index in [-0.39, 0.29) is 31.3 Å². The van der Waals surface area contributed by atoms with Crippen LogP contribution >= 0.6 is 0 Å². The molecule has 0 fully saturated rings. The normalized spacial score (nSPS) is 10.2. The lowest BCUT2D eigenvalue weighted by Gasteiger charge is -2.08. The fraction of sp³-hybridized carbons (Fsp3) is 0.357. The number of hydrogen-bond acceptors (Lipinski definition) is 6. The van der Waals surface area contributed by atoms with Gasteiger partial charge in [-0.25, -0.2) is 9.18 Å². The van der Waals surface area contributed by atoms with Crippen LogP contribution in [0.15, 0.2) is 24.3 Å². The minimum Gasteiger partial charge on any atom is -0.466 e. The van der Waals surface area contributed by atoms with E-state index in [2.05, 4.69) is 26.2 Å². The summed E-state index contributed by atoms with van der Waals surface area (Å²) in [7, 11) is 0. The van der Waals surface area contributed by atoms with E-state index in [0.717, 1.165) is 0 Å². The number of hydrogen-bond donors (Lipinski definition) is 2. The SMILES string of the molecule is CCOC(=O)CCNC(=O)NCc1nnnn1-c1ccc(F)cc1. The molecule has 0 aliphatic heterocycles. The summed E-state index contributed by atoms with van der Waals surface area (Å²) >= 11 is 0. The van der Waals surface area contributed by atoms with Crippen LogP contribution < -0.4 is 10.6 Å². The molecule has 0 saturated heterocycles. The summed E-state index contributed by atoms with van der Waals surface area (Å²) in [5, 5.41) is 16.2. The first-order chi connectivity index (χ1) is 11.6. The van der Waals surface area contributed by atoms with Gasteiger partial charge in [0.05, 0.1) is 25.3 Å². The van der Waals surface area contributed by atoms with Crippen LogP contribution in [0.25, 0.3) is 5.69 Å². The second kappa shape index (κ2) is 8.56. The van der Waals surface area contributed by atoms with Crippen LogP contribution in [-0.2, 0) is 16.1 Å². The monoisotopic (exact) mass is 336 g/mol. The summed E-state index contributed by atoms with van der Waals surface area (Å²) in [5.74, 6) is -0.368. The number of tetrazole rings is 1. The van der Waals surface area contributed by atoms with Gasteiger partial charge in [-0.1, -0.05) is 0 Å². The lowest BCUT2D eigenvalue weighted by Crippen LogP contribution is -2.36. The highest BCUT2D eigenvalue weighted by Crippen LogP contribution is 2.08. The van der Waals surface area contributed by atoms with Gasteiger partial charge in [0.2, 0.25) is 0 Å². The van der Waals surface area contributed by atoms with Crippen molar-refractivity contribution < 1.29 is 18.7 Å². The van der Waals surface area contributed by atoms with Gasteiger partial charge in [0.1, 0.15) is 5.82 Å². The Hall–Kier alpha value is -3.04. The number of nitrogens with one attached hydrogen (secondary N) is 2. The van der Waals surface area contributed by atoms with Crippen molar-refractivity contribution in [2.75, 3.05) is 13.2 Å². The number of aromatic nitrogens is 4. The second-order valence-corrected chi connectivity index (χ2v) is 4.65. The van der Waals surface area contributed by atoms with E-state index < -0.39 is 6.03 Å². The number of carbonyl (C=O) groups is 2. The molecule has 0 aliphatic carbocycles. The number of ether oxygens (including phenoxy) is 1. The summed E-state index contributed by atoms with van der Waals surface area (Å²) in [6.45, 7) is 2.24. The predicted molar refractivity (Wildman–Crippen MR) is 80.6 cm³/mol. The van der Waals surface area contributed by atoms with E-state index in [9.17, 15) is 14.0 Å². The Labute approximate surface area is 137 Å². The smallest absolute Gasteiger partial charge is 0.315 e. The molecule has 1 aromatic carbocycles. The maximum Gasteiger partial charge on any atom is 0.315 e. The Morgan fingerprint density at radius 1 is 1.25 bits per heavy atom. The Morgan fingerprint density at radius 3 is 2.71 bits per heavy atom. The third kappa shape index (κ3) is 5.00. The number of benzene rings is 1. The molecule has 10 heteroatoms. The van der Waals surface area contributed by atoms with Gasteiger partial charge in [0.15, 0.2) is 5.82 Å². The quantitative estimate of drug-likeness (QED) is 0.715. The average Bonchev–Trinajstić information content (AvgIpc) is 3.02. The summed E-state index contributed by atoms with van der Waals surface area (Å²) in [5.41, 5.74) is 0.570.